The molecule has 3 aliphatic heterocycles. The van der Waals surface area contributed by atoms with E-state index in [0.29, 0.717) is 48.4 Å². The van der Waals surface area contributed by atoms with Gasteiger partial charge < -0.3 is 20.7 Å². The maximum absolute atomic E-state index is 16.7. The number of hydrogen-bond donors (Lipinski definition) is 2. The molecule has 2 bridgehead atoms. The monoisotopic (exact) mass is 629 g/mol. The van der Waals surface area contributed by atoms with E-state index in [-0.39, 0.29) is 42.9 Å². The number of ether oxygens (including phenoxy) is 1. The average Bonchev–Trinajstić information content (AvgIpc) is 3.23. The fourth-order valence-electron chi connectivity index (χ4n) is 7.02. The third kappa shape index (κ3) is 4.96. The molecule has 8 nitrogen and oxygen atoms in total. The fraction of sp³-hybridized carbons (Fsp3) is 0.500. The summed E-state index contributed by atoms with van der Waals surface area (Å²) < 4.78 is 51.5. The highest BCUT2D eigenvalue weighted by atomic mass is 35.5. The van der Waals surface area contributed by atoms with Crippen molar-refractivity contribution < 1.29 is 17.9 Å². The van der Waals surface area contributed by atoms with Crippen molar-refractivity contribution in [2.75, 3.05) is 50.0 Å². The highest BCUT2D eigenvalue weighted by Crippen LogP contribution is 2.47. The molecule has 43 heavy (non-hydrogen) atoms. The molecule has 3 N–H and O–H groups in total. The lowest BCUT2D eigenvalue weighted by molar-refractivity contribution is 0.165. The topological polar surface area (TPSA) is 92.4 Å². The Morgan fingerprint density at radius 3 is 2.58 bits per heavy atom. The van der Waals surface area contributed by atoms with Crippen molar-refractivity contribution in [1.82, 2.24) is 25.2 Å². The Morgan fingerprint density at radius 2 is 1.86 bits per heavy atom. The zero-order valence-electron chi connectivity index (χ0n) is 23.4. The number of alkyl halides is 1. The van der Waals surface area contributed by atoms with E-state index in [0.717, 1.165) is 63.2 Å². The van der Waals surface area contributed by atoms with E-state index in [2.05, 4.69) is 25.1 Å². The number of nitrogens with one attached hydrogen (secondary N) is 1. The van der Waals surface area contributed by atoms with Crippen molar-refractivity contribution in [1.29, 1.82) is 0 Å². The van der Waals surface area contributed by atoms with Crippen LogP contribution in [0.4, 0.5) is 24.1 Å². The molecule has 1 aliphatic carbocycles. The number of hydrogen-bond acceptors (Lipinski definition) is 9. The number of nitrogens with two attached hydrogens (primary N) is 1. The van der Waals surface area contributed by atoms with Crippen LogP contribution in [0, 0.1) is 17.0 Å². The van der Waals surface area contributed by atoms with Crippen LogP contribution in [0.3, 0.4) is 0 Å². The number of halogens is 4. The molecule has 0 spiro atoms. The van der Waals surface area contributed by atoms with E-state index >= 15 is 4.39 Å². The van der Waals surface area contributed by atoms with Crippen molar-refractivity contribution in [3.05, 3.63) is 34.9 Å². The van der Waals surface area contributed by atoms with Gasteiger partial charge in [0.15, 0.2) is 10.9 Å². The van der Waals surface area contributed by atoms with E-state index in [4.69, 9.17) is 27.1 Å². The van der Waals surface area contributed by atoms with Crippen molar-refractivity contribution in [3.8, 4) is 17.1 Å². The van der Waals surface area contributed by atoms with Crippen LogP contribution in [0.15, 0.2) is 18.2 Å². The lowest BCUT2D eigenvalue weighted by atomic mass is 10.0. The molecule has 13 heteroatoms. The predicted molar refractivity (Wildman–Crippen MR) is 163 cm³/mol. The summed E-state index contributed by atoms with van der Waals surface area (Å²) in [5.41, 5.74) is 6.57. The maximum Gasteiger partial charge on any atom is 0.319 e. The molecule has 2 aromatic heterocycles. The lowest BCUT2D eigenvalue weighted by Gasteiger charge is -2.34. The maximum atomic E-state index is 16.7. The summed E-state index contributed by atoms with van der Waals surface area (Å²) in [5.74, 6) is -0.554. The molecule has 3 saturated heterocycles. The van der Waals surface area contributed by atoms with Gasteiger partial charge in [-0.1, -0.05) is 22.9 Å². The summed E-state index contributed by atoms with van der Waals surface area (Å²) in [7, 11) is 0. The first-order valence-electron chi connectivity index (χ1n) is 14.8. The second-order valence-electron chi connectivity index (χ2n) is 12.6. The van der Waals surface area contributed by atoms with E-state index in [9.17, 15) is 8.78 Å². The molecule has 8 rings (SSSR count). The zero-order valence-corrected chi connectivity index (χ0v) is 25.0. The molecule has 0 radical (unpaired) electrons. The number of anilines is 2. The van der Waals surface area contributed by atoms with Gasteiger partial charge in [-0.25, -0.2) is 18.2 Å². The minimum atomic E-state index is -0.774. The van der Waals surface area contributed by atoms with Crippen LogP contribution in [0.5, 0.6) is 6.01 Å². The van der Waals surface area contributed by atoms with Gasteiger partial charge in [0.05, 0.1) is 21.8 Å². The summed E-state index contributed by atoms with van der Waals surface area (Å²) in [4.78, 5) is 18.0. The molecule has 4 aromatic rings. The summed E-state index contributed by atoms with van der Waals surface area (Å²) in [6.07, 6.45) is 3.90. The van der Waals surface area contributed by atoms with Gasteiger partial charge in [0.1, 0.15) is 23.3 Å². The molecule has 226 valence electrons. The SMILES string of the molecule is Nc1nc2c(-c3c(Cl)cc4c(N5CC6CCC(C5)N6)nc(OCC5(CN6CC[C@H](F)C6)CC5)nc4c3F)ccc(F)c2s1. The van der Waals surface area contributed by atoms with Crippen molar-refractivity contribution >= 4 is 55.0 Å². The number of likely N-dealkylation sites (tertiary alicyclic amines) is 1. The fourth-order valence-corrected chi connectivity index (χ4v) is 8.08. The van der Waals surface area contributed by atoms with Gasteiger partial charge in [0.25, 0.3) is 0 Å². The van der Waals surface area contributed by atoms with Gasteiger partial charge in [0.2, 0.25) is 0 Å². The highest BCUT2D eigenvalue weighted by Gasteiger charge is 2.46. The zero-order chi connectivity index (χ0) is 29.5. The quantitative estimate of drug-likeness (QED) is 0.274. The summed E-state index contributed by atoms with van der Waals surface area (Å²) in [5, 5.41) is 4.44. The predicted octanol–water partition coefficient (Wildman–Crippen LogP) is 5.56. The van der Waals surface area contributed by atoms with Crippen LogP contribution in [-0.4, -0.2) is 77.4 Å². The average molecular weight is 630 g/mol. The number of benzene rings is 2. The lowest BCUT2D eigenvalue weighted by Crippen LogP contribution is -2.51. The number of fused-ring (bicyclic) bond motifs is 4. The van der Waals surface area contributed by atoms with Crippen molar-refractivity contribution in [2.45, 2.75) is 50.4 Å². The number of nitrogen functional groups attached to an aromatic ring is 1. The van der Waals surface area contributed by atoms with Crippen LogP contribution in [-0.2, 0) is 0 Å². The molecule has 1 saturated carbocycles. The van der Waals surface area contributed by atoms with Gasteiger partial charge in [-0.15, -0.1) is 0 Å². The Bertz CT molecular complexity index is 1740. The molecule has 4 aliphatic rings. The van der Waals surface area contributed by atoms with Crippen LogP contribution < -0.4 is 20.7 Å². The van der Waals surface area contributed by atoms with E-state index in [1.54, 1.807) is 6.07 Å². The van der Waals surface area contributed by atoms with Crippen LogP contribution in [0.2, 0.25) is 5.02 Å². The first-order valence-corrected chi connectivity index (χ1v) is 16.0. The van der Waals surface area contributed by atoms with E-state index in [1.807, 2.05) is 0 Å². The first-order chi connectivity index (χ1) is 20.7. The second-order valence-corrected chi connectivity index (χ2v) is 14.0. The minimum absolute atomic E-state index is 0.0777. The molecule has 2 unspecified atom stereocenters. The number of nitrogens with zero attached hydrogens (tertiary/aromatic N) is 5. The largest absolute Gasteiger partial charge is 0.463 e. The molecule has 0 amide bonds. The number of aromatic nitrogens is 3. The first kappa shape index (κ1) is 27.6. The Balaban J connectivity index is 1.21. The van der Waals surface area contributed by atoms with Gasteiger partial charge in [-0.05, 0) is 50.3 Å². The molecule has 4 fully saturated rings. The molecular formula is C30H31ClF3N7OS. The molecular weight excluding hydrogens is 599 g/mol. The third-order valence-electron chi connectivity index (χ3n) is 9.38. The number of thiazole rings is 1. The van der Waals surface area contributed by atoms with Crippen molar-refractivity contribution in [2.24, 2.45) is 5.41 Å². The Kier molecular flexibility index (Phi) is 6.63. The normalized spacial score (nSPS) is 24.8. The molecule has 3 atom stereocenters. The smallest absolute Gasteiger partial charge is 0.319 e. The molecule has 5 heterocycles. The Labute approximate surface area is 255 Å². The summed E-state index contributed by atoms with van der Waals surface area (Å²) >= 11 is 7.80. The minimum Gasteiger partial charge on any atom is -0.463 e. The van der Waals surface area contributed by atoms with Crippen LogP contribution in [0.25, 0.3) is 32.2 Å². The van der Waals surface area contributed by atoms with Gasteiger partial charge in [-0.3, -0.25) is 4.90 Å². The summed E-state index contributed by atoms with van der Waals surface area (Å²) in [6.45, 7) is 3.80. The number of piperazine rings is 1. The van der Waals surface area contributed by atoms with Gasteiger partial charge >= 0.3 is 6.01 Å². The van der Waals surface area contributed by atoms with Crippen LogP contribution >= 0.6 is 22.9 Å². The number of rotatable bonds is 7. The van der Waals surface area contributed by atoms with E-state index in [1.165, 1.54) is 12.1 Å². The standard InChI is InChI=1S/C30H31ClF3N7OS/c31-20-9-19-24(23(34)22(20)18-3-4-21(33)26-25(18)37-28(35)43-26)38-29(39-27(19)41-11-16-1-2-17(12-41)36-16)42-14-30(6-7-30)13-40-8-5-15(32)10-40/h3-4,9,15-17,36H,1-2,5-8,10-14H2,(H2,35,37)/t15-,16?,17?/m0/s1. The highest BCUT2D eigenvalue weighted by molar-refractivity contribution is 7.22. The molecule has 2 aromatic carbocycles. The van der Waals surface area contributed by atoms with Crippen LogP contribution in [0.1, 0.15) is 32.1 Å². The Hall–Kier alpha value is -2.93. The van der Waals surface area contributed by atoms with Gasteiger partial charge in [-0.2, -0.15) is 9.97 Å². The second kappa shape index (κ2) is 10.3. The Morgan fingerprint density at radius 1 is 1.07 bits per heavy atom. The van der Waals surface area contributed by atoms with Gasteiger partial charge in [0, 0.05) is 66.7 Å². The van der Waals surface area contributed by atoms with E-state index < -0.39 is 17.8 Å². The van der Waals surface area contributed by atoms with Crippen molar-refractivity contribution in [3.63, 3.8) is 0 Å². The summed E-state index contributed by atoms with van der Waals surface area (Å²) in [6, 6.07) is 5.17. The third-order valence-corrected chi connectivity index (χ3v) is 10.6.